The van der Waals surface area contributed by atoms with Crippen LogP contribution in [0.4, 0.5) is 11.4 Å². The largest absolute Gasteiger partial charge is 0.390 e. The monoisotopic (exact) mass is 478 g/mol. The maximum absolute atomic E-state index is 13.3. The minimum atomic E-state index is -0.880. The smallest absolute Gasteiger partial charge is 0.261 e. The van der Waals surface area contributed by atoms with Crippen LogP contribution in [0.5, 0.6) is 0 Å². The maximum atomic E-state index is 13.3. The zero-order valence-corrected chi connectivity index (χ0v) is 20.2. The van der Waals surface area contributed by atoms with Gasteiger partial charge in [0.05, 0.1) is 36.4 Å². The zero-order chi connectivity index (χ0) is 24.7. The lowest BCUT2D eigenvalue weighted by molar-refractivity contribution is 0.0344. The van der Waals surface area contributed by atoms with Crippen molar-refractivity contribution in [1.29, 1.82) is 0 Å². The molecule has 0 saturated carbocycles. The molecule has 2 aromatic heterocycles. The Labute approximate surface area is 203 Å². The van der Waals surface area contributed by atoms with Crippen molar-refractivity contribution in [3.05, 3.63) is 53.5 Å². The maximum Gasteiger partial charge on any atom is 0.261 e. The van der Waals surface area contributed by atoms with Crippen molar-refractivity contribution >= 4 is 28.8 Å². The number of fused-ring (bicyclic) bond motifs is 2. The fraction of sp³-hybridized carbons (Fsp3) is 0.440. The Morgan fingerprint density at radius 3 is 2.80 bits per heavy atom. The molecule has 1 fully saturated rings. The van der Waals surface area contributed by atoms with E-state index in [0.717, 1.165) is 11.3 Å². The van der Waals surface area contributed by atoms with Crippen molar-refractivity contribution in [3.8, 4) is 0 Å². The molecule has 2 amide bonds. The number of aliphatic hydroxyl groups is 1. The summed E-state index contributed by atoms with van der Waals surface area (Å²) in [5.41, 5.74) is 2.87. The highest BCUT2D eigenvalue weighted by Gasteiger charge is 2.35. The van der Waals surface area contributed by atoms with E-state index >= 15 is 0 Å². The third kappa shape index (κ3) is 4.59. The molecule has 0 radical (unpaired) electrons. The lowest BCUT2D eigenvalue weighted by Crippen LogP contribution is -2.38. The first-order valence-corrected chi connectivity index (χ1v) is 11.8. The number of anilines is 2. The number of rotatable bonds is 6. The summed E-state index contributed by atoms with van der Waals surface area (Å²) in [7, 11) is 0. The van der Waals surface area contributed by atoms with Gasteiger partial charge in [0.25, 0.3) is 11.8 Å². The predicted octanol–water partition coefficient (Wildman–Crippen LogP) is 2.32. The van der Waals surface area contributed by atoms with Gasteiger partial charge in [-0.25, -0.2) is 9.50 Å². The van der Waals surface area contributed by atoms with Gasteiger partial charge in [0.1, 0.15) is 5.56 Å². The molecule has 1 saturated heterocycles. The van der Waals surface area contributed by atoms with Crippen LogP contribution in [0.1, 0.15) is 53.5 Å². The quantitative estimate of drug-likeness (QED) is 0.559. The van der Waals surface area contributed by atoms with Crippen LogP contribution in [-0.2, 0) is 11.3 Å². The predicted molar refractivity (Wildman–Crippen MR) is 131 cm³/mol. The molecule has 4 heterocycles. The van der Waals surface area contributed by atoms with E-state index in [0.29, 0.717) is 61.7 Å². The van der Waals surface area contributed by atoms with Gasteiger partial charge in [0.15, 0.2) is 5.65 Å². The van der Waals surface area contributed by atoms with E-state index in [9.17, 15) is 14.7 Å². The molecule has 3 aromatic rings. The van der Waals surface area contributed by atoms with Crippen LogP contribution in [0.3, 0.4) is 0 Å². The third-order valence-corrected chi connectivity index (χ3v) is 6.50. The van der Waals surface area contributed by atoms with Crippen LogP contribution in [0.25, 0.3) is 5.65 Å². The van der Waals surface area contributed by atoms with Gasteiger partial charge in [-0.2, -0.15) is 5.10 Å². The lowest BCUT2D eigenvalue weighted by Gasteiger charge is -2.31. The number of amides is 2. The van der Waals surface area contributed by atoms with Crippen LogP contribution in [0.2, 0.25) is 0 Å². The number of hydrogen-bond acceptors (Lipinski definition) is 7. The molecule has 0 unspecified atom stereocenters. The molecule has 0 bridgehead atoms. The number of nitrogens with zero attached hydrogens (tertiary/aromatic N) is 5. The van der Waals surface area contributed by atoms with Gasteiger partial charge in [-0.15, -0.1) is 0 Å². The Morgan fingerprint density at radius 1 is 1.29 bits per heavy atom. The van der Waals surface area contributed by atoms with Crippen LogP contribution in [0.15, 0.2) is 36.8 Å². The number of aromatic nitrogens is 3. The first-order chi connectivity index (χ1) is 16.7. The highest BCUT2D eigenvalue weighted by atomic mass is 16.5. The standard InChI is InChI=1S/C25H30N6O4/c1-16(13-25(2,3)34)30-15-17-11-20(21(12-18(17)24(30)33)29-7-9-35-10-8-29)28-23(32)19-14-27-31-6-4-5-26-22(19)31/h4-6,11-12,14,16,34H,7-10,13,15H2,1-3H3,(H,28,32)/t16-/m0/s1. The third-order valence-electron chi connectivity index (χ3n) is 6.50. The van der Waals surface area contributed by atoms with Crippen LogP contribution >= 0.6 is 0 Å². The second-order valence-electron chi connectivity index (χ2n) is 9.82. The zero-order valence-electron chi connectivity index (χ0n) is 20.2. The second kappa shape index (κ2) is 8.94. The van der Waals surface area contributed by atoms with E-state index in [-0.39, 0.29) is 17.9 Å². The number of nitrogens with one attached hydrogen (secondary N) is 1. The van der Waals surface area contributed by atoms with Crippen molar-refractivity contribution < 1.29 is 19.4 Å². The van der Waals surface area contributed by atoms with Crippen molar-refractivity contribution in [2.24, 2.45) is 0 Å². The van der Waals surface area contributed by atoms with Gasteiger partial charge < -0.3 is 25.0 Å². The van der Waals surface area contributed by atoms with E-state index in [1.807, 2.05) is 19.1 Å². The summed E-state index contributed by atoms with van der Waals surface area (Å²) in [6.45, 7) is 8.34. The van der Waals surface area contributed by atoms with E-state index in [1.54, 1.807) is 41.7 Å². The average Bonchev–Trinajstić information content (AvgIpc) is 3.39. The van der Waals surface area contributed by atoms with Crippen molar-refractivity contribution in [2.75, 3.05) is 36.5 Å². The summed E-state index contributed by atoms with van der Waals surface area (Å²) < 4.78 is 7.07. The molecule has 0 spiro atoms. The van der Waals surface area contributed by atoms with E-state index in [2.05, 4.69) is 20.3 Å². The molecule has 35 heavy (non-hydrogen) atoms. The van der Waals surface area contributed by atoms with Crippen molar-refractivity contribution in [1.82, 2.24) is 19.5 Å². The molecule has 2 aliphatic heterocycles. The van der Waals surface area contributed by atoms with E-state index in [4.69, 9.17) is 4.74 Å². The molecular formula is C25H30N6O4. The van der Waals surface area contributed by atoms with Crippen LogP contribution in [0, 0.1) is 0 Å². The fourth-order valence-electron chi connectivity index (χ4n) is 4.91. The molecule has 10 heteroatoms. The molecule has 5 rings (SSSR count). The molecule has 1 aromatic carbocycles. The minimum absolute atomic E-state index is 0.0593. The molecule has 1 atom stereocenters. The number of benzene rings is 1. The topological polar surface area (TPSA) is 112 Å². The number of carbonyl (C=O) groups is 2. The van der Waals surface area contributed by atoms with Gasteiger partial charge in [-0.05, 0) is 51.0 Å². The summed E-state index contributed by atoms with van der Waals surface area (Å²) in [6, 6.07) is 5.39. The van der Waals surface area contributed by atoms with Crippen molar-refractivity contribution in [2.45, 2.75) is 45.4 Å². The van der Waals surface area contributed by atoms with Gasteiger partial charge in [-0.3, -0.25) is 9.59 Å². The highest BCUT2D eigenvalue weighted by molar-refractivity contribution is 6.10. The summed E-state index contributed by atoms with van der Waals surface area (Å²) in [6.07, 6.45) is 5.33. The van der Waals surface area contributed by atoms with E-state index < -0.39 is 5.60 Å². The average molecular weight is 479 g/mol. The Kier molecular flexibility index (Phi) is 5.94. The summed E-state index contributed by atoms with van der Waals surface area (Å²) in [4.78, 5) is 34.8. The first-order valence-electron chi connectivity index (χ1n) is 11.8. The first kappa shape index (κ1) is 23.3. The number of ether oxygens (including phenoxy) is 1. The molecule has 2 N–H and O–H groups in total. The molecule has 10 nitrogen and oxygen atoms in total. The Hall–Kier alpha value is -3.50. The number of morpholine rings is 1. The van der Waals surface area contributed by atoms with Crippen LogP contribution in [-0.4, -0.2) is 74.4 Å². The molecular weight excluding hydrogens is 448 g/mol. The number of carbonyl (C=O) groups excluding carboxylic acids is 2. The molecule has 0 aliphatic carbocycles. The summed E-state index contributed by atoms with van der Waals surface area (Å²) >= 11 is 0. The van der Waals surface area contributed by atoms with Gasteiger partial charge >= 0.3 is 0 Å². The van der Waals surface area contributed by atoms with Crippen LogP contribution < -0.4 is 10.2 Å². The van der Waals surface area contributed by atoms with Gasteiger partial charge in [0, 0.05) is 43.6 Å². The normalized spacial score (nSPS) is 17.1. The molecule has 2 aliphatic rings. The minimum Gasteiger partial charge on any atom is -0.390 e. The highest BCUT2D eigenvalue weighted by Crippen LogP contribution is 2.36. The number of hydrogen-bond donors (Lipinski definition) is 2. The van der Waals surface area contributed by atoms with Crippen molar-refractivity contribution in [3.63, 3.8) is 0 Å². The van der Waals surface area contributed by atoms with Gasteiger partial charge in [-0.1, -0.05) is 0 Å². The lowest BCUT2D eigenvalue weighted by atomic mass is 9.99. The van der Waals surface area contributed by atoms with Gasteiger partial charge in [0.2, 0.25) is 0 Å². The Bertz CT molecular complexity index is 1270. The van der Waals surface area contributed by atoms with E-state index in [1.165, 1.54) is 6.20 Å². The summed E-state index contributed by atoms with van der Waals surface area (Å²) in [5, 5.41) is 17.5. The Balaban J connectivity index is 1.48. The molecule has 184 valence electrons. The Morgan fingerprint density at radius 2 is 2.06 bits per heavy atom. The SMILES string of the molecule is C[C@@H](CC(C)(C)O)N1Cc2cc(NC(=O)c3cnn4cccnc34)c(N3CCOCC3)cc2C1=O. The fourth-order valence-corrected chi connectivity index (χ4v) is 4.91. The second-order valence-corrected chi connectivity index (χ2v) is 9.82. The summed E-state index contributed by atoms with van der Waals surface area (Å²) in [5.74, 6) is -0.374.